The minimum absolute atomic E-state index is 0.410. The second-order valence-corrected chi connectivity index (χ2v) is 5.18. The smallest absolute Gasteiger partial charge is 0.330 e. The molecule has 21 heavy (non-hydrogen) atoms. The van der Waals surface area contributed by atoms with Gasteiger partial charge in [0.25, 0.3) is 0 Å². The monoisotopic (exact) mass is 290 g/mol. The summed E-state index contributed by atoms with van der Waals surface area (Å²) in [7, 11) is 1.67. The summed E-state index contributed by atoms with van der Waals surface area (Å²) in [6.45, 7) is 6.12. The highest BCUT2D eigenvalue weighted by molar-refractivity contribution is 5.85. The zero-order valence-corrected chi connectivity index (χ0v) is 12.6. The Kier molecular flexibility index (Phi) is 5.22. The number of carboxylic acids is 1. The molecule has 1 heterocycles. The Hall–Kier alpha value is -2.01. The highest BCUT2D eigenvalue weighted by atomic mass is 16.5. The van der Waals surface area contributed by atoms with E-state index in [1.807, 2.05) is 12.1 Å². The van der Waals surface area contributed by atoms with Gasteiger partial charge in [0.2, 0.25) is 0 Å². The maximum Gasteiger partial charge on any atom is 0.330 e. The van der Waals surface area contributed by atoms with E-state index in [-0.39, 0.29) is 0 Å². The van der Waals surface area contributed by atoms with Crippen LogP contribution in [0, 0.1) is 0 Å². The lowest BCUT2D eigenvalue weighted by Gasteiger charge is -2.35. The topological polar surface area (TPSA) is 53.0 Å². The van der Waals surface area contributed by atoms with Crippen molar-refractivity contribution in [2.75, 3.05) is 44.7 Å². The van der Waals surface area contributed by atoms with E-state index in [4.69, 9.17) is 9.84 Å². The van der Waals surface area contributed by atoms with Crippen molar-refractivity contribution in [3.63, 3.8) is 0 Å². The summed E-state index contributed by atoms with van der Waals surface area (Å²) in [5, 5.41) is 8.84. The van der Waals surface area contributed by atoms with Crippen molar-refractivity contribution >= 4 is 11.7 Å². The molecule has 0 amide bonds. The van der Waals surface area contributed by atoms with Gasteiger partial charge in [0, 0.05) is 44.0 Å². The summed E-state index contributed by atoms with van der Waals surface area (Å²) in [6.07, 6.45) is 1.78. The Morgan fingerprint density at radius 1 is 1.24 bits per heavy atom. The first-order valence-electron chi connectivity index (χ1n) is 7.11. The molecule has 0 spiro atoms. The Morgan fingerprint density at radius 2 is 1.86 bits per heavy atom. The van der Waals surface area contributed by atoms with Crippen molar-refractivity contribution in [3.8, 4) is 5.75 Å². The van der Waals surface area contributed by atoms with E-state index < -0.39 is 5.97 Å². The lowest BCUT2D eigenvalue weighted by Crippen LogP contribution is -2.46. The van der Waals surface area contributed by atoms with E-state index in [9.17, 15) is 4.79 Å². The molecule has 114 valence electrons. The number of ether oxygens (including phenoxy) is 1. The van der Waals surface area contributed by atoms with Crippen molar-refractivity contribution < 1.29 is 14.6 Å². The summed E-state index contributed by atoms with van der Waals surface area (Å²) < 4.78 is 5.17. The van der Waals surface area contributed by atoms with Crippen LogP contribution >= 0.6 is 0 Å². The van der Waals surface area contributed by atoms with Crippen LogP contribution in [0.3, 0.4) is 0 Å². The van der Waals surface area contributed by atoms with Crippen molar-refractivity contribution in [3.05, 3.63) is 35.9 Å². The predicted molar refractivity (Wildman–Crippen MR) is 83.0 cm³/mol. The summed E-state index contributed by atoms with van der Waals surface area (Å²) in [6, 6.07) is 8.09. The lowest BCUT2D eigenvalue weighted by atomic mass is 10.2. The molecule has 1 aromatic rings. The summed E-state index contributed by atoms with van der Waals surface area (Å²) >= 11 is 0. The van der Waals surface area contributed by atoms with E-state index in [0.29, 0.717) is 12.1 Å². The van der Waals surface area contributed by atoms with Crippen LogP contribution in [0.4, 0.5) is 5.69 Å². The number of methoxy groups -OCH3 is 1. The normalized spacial score (nSPS) is 16.9. The third kappa shape index (κ3) is 4.23. The summed E-state index contributed by atoms with van der Waals surface area (Å²) in [4.78, 5) is 15.4. The third-order valence-electron chi connectivity index (χ3n) is 3.80. The molecule has 1 N–H and O–H groups in total. The maximum absolute atomic E-state index is 10.8. The van der Waals surface area contributed by atoms with Crippen molar-refractivity contribution in [2.24, 2.45) is 0 Å². The van der Waals surface area contributed by atoms with Gasteiger partial charge < -0.3 is 14.7 Å². The van der Waals surface area contributed by atoms with Crippen molar-refractivity contribution in [1.29, 1.82) is 0 Å². The van der Waals surface area contributed by atoms with E-state index in [2.05, 4.69) is 21.9 Å². The third-order valence-corrected chi connectivity index (χ3v) is 3.80. The molecule has 1 saturated heterocycles. The average molecular weight is 290 g/mol. The largest absolute Gasteiger partial charge is 0.497 e. The number of rotatable bonds is 5. The standard InChI is InChI=1S/C16H22N2O3/c1-13(16(19)20)7-8-17-9-11-18(12-10-17)14-3-5-15(21-2)6-4-14/h3-7H,8-12H2,1-2H3,(H,19,20). The molecule has 1 aliphatic rings. The minimum Gasteiger partial charge on any atom is -0.497 e. The van der Waals surface area contributed by atoms with Crippen LogP contribution in [-0.4, -0.2) is 55.8 Å². The molecule has 0 radical (unpaired) electrons. The first-order valence-corrected chi connectivity index (χ1v) is 7.11. The lowest BCUT2D eigenvalue weighted by molar-refractivity contribution is -0.132. The molecule has 5 heteroatoms. The molecule has 0 saturated carbocycles. The van der Waals surface area contributed by atoms with Crippen LogP contribution in [0.15, 0.2) is 35.9 Å². The predicted octanol–water partition coefficient (Wildman–Crippen LogP) is 1.85. The highest BCUT2D eigenvalue weighted by Crippen LogP contribution is 2.20. The number of aliphatic carboxylic acids is 1. The van der Waals surface area contributed by atoms with E-state index in [1.165, 1.54) is 5.69 Å². The van der Waals surface area contributed by atoms with E-state index in [1.54, 1.807) is 20.1 Å². The molecule has 5 nitrogen and oxygen atoms in total. The number of piperazine rings is 1. The van der Waals surface area contributed by atoms with Crippen molar-refractivity contribution in [1.82, 2.24) is 4.90 Å². The molecule has 1 fully saturated rings. The van der Waals surface area contributed by atoms with Crippen molar-refractivity contribution in [2.45, 2.75) is 6.92 Å². The second-order valence-electron chi connectivity index (χ2n) is 5.18. The molecule has 0 aromatic heterocycles. The number of nitrogens with zero attached hydrogens (tertiary/aromatic N) is 2. The molecule has 2 rings (SSSR count). The number of carboxylic acid groups (broad SMARTS) is 1. The van der Waals surface area contributed by atoms with Crippen LogP contribution in [0.1, 0.15) is 6.92 Å². The van der Waals surface area contributed by atoms with Gasteiger partial charge in [-0.3, -0.25) is 4.90 Å². The van der Waals surface area contributed by atoms with E-state index in [0.717, 1.165) is 31.9 Å². The van der Waals surface area contributed by atoms with Crippen LogP contribution in [0.25, 0.3) is 0 Å². The first kappa shape index (κ1) is 15.4. The number of benzene rings is 1. The van der Waals surface area contributed by atoms with Crippen LogP contribution < -0.4 is 9.64 Å². The summed E-state index contributed by atoms with van der Waals surface area (Å²) in [5.74, 6) is 0.0264. The zero-order chi connectivity index (χ0) is 15.2. The van der Waals surface area contributed by atoms with Gasteiger partial charge in [-0.1, -0.05) is 6.08 Å². The molecule has 0 atom stereocenters. The van der Waals surface area contributed by atoms with Crippen LogP contribution in [-0.2, 0) is 4.79 Å². The molecule has 0 aliphatic carbocycles. The zero-order valence-electron chi connectivity index (χ0n) is 12.6. The fraction of sp³-hybridized carbons (Fsp3) is 0.438. The van der Waals surface area contributed by atoms with Crippen LogP contribution in [0.5, 0.6) is 5.75 Å². The second kappa shape index (κ2) is 7.13. The van der Waals surface area contributed by atoms with Gasteiger partial charge in [-0.25, -0.2) is 4.79 Å². The molecular formula is C16H22N2O3. The van der Waals surface area contributed by atoms with Gasteiger partial charge in [0.1, 0.15) is 5.75 Å². The van der Waals surface area contributed by atoms with Gasteiger partial charge in [0.05, 0.1) is 7.11 Å². The van der Waals surface area contributed by atoms with Gasteiger partial charge in [0.15, 0.2) is 0 Å². The van der Waals surface area contributed by atoms with Gasteiger partial charge >= 0.3 is 5.97 Å². The van der Waals surface area contributed by atoms with E-state index >= 15 is 0 Å². The van der Waals surface area contributed by atoms with Gasteiger partial charge in [-0.2, -0.15) is 0 Å². The molecule has 0 unspecified atom stereocenters. The Morgan fingerprint density at radius 3 is 2.38 bits per heavy atom. The fourth-order valence-corrected chi connectivity index (χ4v) is 2.34. The quantitative estimate of drug-likeness (QED) is 0.839. The Balaban J connectivity index is 1.85. The molecule has 0 bridgehead atoms. The first-order chi connectivity index (χ1) is 10.1. The minimum atomic E-state index is -0.841. The molecule has 1 aromatic carbocycles. The fourth-order valence-electron chi connectivity index (χ4n) is 2.34. The highest BCUT2D eigenvalue weighted by Gasteiger charge is 2.16. The number of hydrogen-bond donors (Lipinski definition) is 1. The Bertz CT molecular complexity index is 503. The number of carbonyl (C=O) groups is 1. The van der Waals surface area contributed by atoms with Crippen LogP contribution in [0.2, 0.25) is 0 Å². The maximum atomic E-state index is 10.8. The Labute approximate surface area is 125 Å². The number of anilines is 1. The average Bonchev–Trinajstić information content (AvgIpc) is 2.53. The van der Waals surface area contributed by atoms with Gasteiger partial charge in [-0.15, -0.1) is 0 Å². The summed E-state index contributed by atoms with van der Waals surface area (Å²) in [5.41, 5.74) is 1.61. The SMILES string of the molecule is COc1ccc(N2CCN(CC=C(C)C(=O)O)CC2)cc1. The molecular weight excluding hydrogens is 268 g/mol. The number of hydrogen-bond acceptors (Lipinski definition) is 4. The molecule has 1 aliphatic heterocycles. The van der Waals surface area contributed by atoms with Gasteiger partial charge in [-0.05, 0) is 31.2 Å².